The largest absolute Gasteiger partial charge is 0.480 e. The van der Waals surface area contributed by atoms with Crippen molar-refractivity contribution in [3.8, 4) is 0 Å². The summed E-state index contributed by atoms with van der Waals surface area (Å²) < 4.78 is 1.78. The van der Waals surface area contributed by atoms with E-state index in [4.69, 9.17) is 5.11 Å². The molecule has 1 rings (SSSR count). The molecule has 1 N–H and O–H groups in total. The zero-order valence-electron chi connectivity index (χ0n) is 9.29. The second-order valence-corrected chi connectivity index (χ2v) is 3.17. The number of carboxylic acids is 1. The predicted octanol–water partition coefficient (Wildman–Crippen LogP) is 1.00. The lowest BCUT2D eigenvalue weighted by Crippen LogP contribution is -2.32. The lowest BCUT2D eigenvalue weighted by atomic mass is 10.3. The summed E-state index contributed by atoms with van der Waals surface area (Å²) >= 11 is 0. The van der Waals surface area contributed by atoms with Crippen LogP contribution in [-0.2, 0) is 4.79 Å². The highest BCUT2D eigenvalue weighted by Gasteiger charge is 2.11. The molecular formula is C10H17N3O2. The van der Waals surface area contributed by atoms with Gasteiger partial charge in [-0.3, -0.25) is 9.69 Å². The Labute approximate surface area is 89.7 Å². The van der Waals surface area contributed by atoms with Crippen molar-refractivity contribution in [1.29, 1.82) is 0 Å². The Balaban J connectivity index is 0.000000262. The van der Waals surface area contributed by atoms with Crippen LogP contribution in [0.1, 0.15) is 6.92 Å². The molecule has 0 saturated carbocycles. The van der Waals surface area contributed by atoms with Gasteiger partial charge in [-0.15, -0.1) is 0 Å². The van der Waals surface area contributed by atoms with Crippen LogP contribution < -0.4 is 0 Å². The minimum atomic E-state index is -0.782. The number of imidazole rings is 1. The summed E-state index contributed by atoms with van der Waals surface area (Å²) in [7, 11) is 3.47. The minimum absolute atomic E-state index is 0.380. The fourth-order valence-electron chi connectivity index (χ4n) is 0.598. The molecule has 84 valence electrons. The van der Waals surface area contributed by atoms with Gasteiger partial charge in [0.15, 0.2) is 0 Å². The van der Waals surface area contributed by atoms with Crippen molar-refractivity contribution < 1.29 is 9.90 Å². The number of hydrogen-bond donors (Lipinski definition) is 1. The van der Waals surface area contributed by atoms with Crippen molar-refractivity contribution in [2.45, 2.75) is 13.0 Å². The Kier molecular flexibility index (Phi) is 6.05. The van der Waals surface area contributed by atoms with Crippen LogP contribution in [0.2, 0.25) is 0 Å². The molecule has 0 aliphatic carbocycles. The zero-order valence-corrected chi connectivity index (χ0v) is 9.29. The maximum Gasteiger partial charge on any atom is 0.320 e. The van der Waals surface area contributed by atoms with Crippen LogP contribution in [0.25, 0.3) is 6.20 Å². The summed E-state index contributed by atoms with van der Waals surface area (Å²) in [5.41, 5.74) is 0. The zero-order chi connectivity index (χ0) is 11.8. The average Bonchev–Trinajstić information content (AvgIpc) is 2.69. The molecule has 1 heterocycles. The molecular weight excluding hydrogens is 194 g/mol. The van der Waals surface area contributed by atoms with Crippen LogP contribution in [0.5, 0.6) is 0 Å². The van der Waals surface area contributed by atoms with Crippen LogP contribution in [0.15, 0.2) is 25.3 Å². The van der Waals surface area contributed by atoms with Gasteiger partial charge < -0.3 is 9.67 Å². The third-order valence-corrected chi connectivity index (χ3v) is 1.87. The average molecular weight is 211 g/mol. The molecule has 0 spiro atoms. The highest BCUT2D eigenvalue weighted by molar-refractivity contribution is 5.72. The molecule has 1 aromatic heterocycles. The van der Waals surface area contributed by atoms with E-state index in [9.17, 15) is 4.79 Å². The molecule has 0 aromatic carbocycles. The number of aromatic nitrogens is 2. The van der Waals surface area contributed by atoms with Gasteiger partial charge in [0.25, 0.3) is 0 Å². The Morgan fingerprint density at radius 3 is 2.40 bits per heavy atom. The molecule has 0 aliphatic rings. The first-order chi connectivity index (χ1) is 6.99. The first-order valence-corrected chi connectivity index (χ1v) is 4.48. The molecule has 0 fully saturated rings. The van der Waals surface area contributed by atoms with Crippen molar-refractivity contribution in [1.82, 2.24) is 14.5 Å². The highest BCUT2D eigenvalue weighted by Crippen LogP contribution is 1.88. The van der Waals surface area contributed by atoms with E-state index in [1.54, 1.807) is 49.2 Å². The van der Waals surface area contributed by atoms with E-state index in [1.165, 1.54) is 0 Å². The molecule has 0 aliphatic heterocycles. The summed E-state index contributed by atoms with van der Waals surface area (Å²) in [4.78, 5) is 15.5. The highest BCUT2D eigenvalue weighted by atomic mass is 16.4. The van der Waals surface area contributed by atoms with Crippen molar-refractivity contribution in [2.75, 3.05) is 14.1 Å². The number of hydrogen-bond acceptors (Lipinski definition) is 3. The molecule has 0 radical (unpaired) electrons. The second-order valence-electron chi connectivity index (χ2n) is 3.17. The summed E-state index contributed by atoms with van der Waals surface area (Å²) in [6.07, 6.45) is 6.91. The standard InChI is InChI=1S/C5H6N2.C5H11NO2/c1-2-7-4-3-6-5-7;1-4(5(7)8)6(2)3/h2-5H,1H2;4H,1-3H3,(H,7,8). The molecule has 1 aromatic rings. The van der Waals surface area contributed by atoms with Gasteiger partial charge in [0, 0.05) is 18.6 Å². The third kappa shape index (κ3) is 5.64. The number of rotatable bonds is 3. The Morgan fingerprint density at radius 2 is 2.27 bits per heavy atom. The first-order valence-electron chi connectivity index (χ1n) is 4.48. The maximum absolute atomic E-state index is 10.1. The number of aliphatic carboxylic acids is 1. The SMILES string of the molecule is C=Cn1ccnc1.CC(C(=O)O)N(C)C. The van der Waals surface area contributed by atoms with E-state index in [2.05, 4.69) is 11.6 Å². The fourth-order valence-corrected chi connectivity index (χ4v) is 0.598. The number of carboxylic acid groups (broad SMARTS) is 1. The van der Waals surface area contributed by atoms with Gasteiger partial charge in [-0.1, -0.05) is 6.58 Å². The van der Waals surface area contributed by atoms with Crippen LogP contribution in [0, 0.1) is 0 Å². The van der Waals surface area contributed by atoms with Crippen molar-refractivity contribution in [2.24, 2.45) is 0 Å². The van der Waals surface area contributed by atoms with Crippen LogP contribution in [0.3, 0.4) is 0 Å². The lowest BCUT2D eigenvalue weighted by Gasteiger charge is -2.13. The van der Waals surface area contributed by atoms with Crippen molar-refractivity contribution >= 4 is 12.2 Å². The number of likely N-dealkylation sites (N-methyl/N-ethyl adjacent to an activating group) is 1. The molecule has 0 bridgehead atoms. The number of nitrogens with zero attached hydrogens (tertiary/aromatic N) is 3. The van der Waals surface area contributed by atoms with Gasteiger partial charge in [0.1, 0.15) is 6.04 Å². The maximum atomic E-state index is 10.1. The van der Waals surface area contributed by atoms with Gasteiger partial charge >= 0.3 is 5.97 Å². The number of carbonyl (C=O) groups is 1. The molecule has 0 amide bonds. The summed E-state index contributed by atoms with van der Waals surface area (Å²) in [5, 5.41) is 8.31. The molecule has 5 nitrogen and oxygen atoms in total. The topological polar surface area (TPSA) is 58.4 Å². The van der Waals surface area contributed by atoms with E-state index in [0.717, 1.165) is 0 Å². The Morgan fingerprint density at radius 1 is 1.67 bits per heavy atom. The van der Waals surface area contributed by atoms with Gasteiger partial charge in [-0.2, -0.15) is 0 Å². The van der Waals surface area contributed by atoms with Gasteiger partial charge in [-0.05, 0) is 21.0 Å². The van der Waals surface area contributed by atoms with Crippen LogP contribution >= 0.6 is 0 Å². The predicted molar refractivity (Wildman–Crippen MR) is 59.4 cm³/mol. The lowest BCUT2D eigenvalue weighted by molar-refractivity contribution is -0.141. The smallest absolute Gasteiger partial charge is 0.320 e. The first kappa shape index (κ1) is 13.4. The minimum Gasteiger partial charge on any atom is -0.480 e. The van der Waals surface area contributed by atoms with Gasteiger partial charge in [0.05, 0.1) is 6.33 Å². The third-order valence-electron chi connectivity index (χ3n) is 1.87. The van der Waals surface area contributed by atoms with Gasteiger partial charge in [0.2, 0.25) is 0 Å². The summed E-state index contributed by atoms with van der Waals surface area (Å²) in [5.74, 6) is -0.782. The summed E-state index contributed by atoms with van der Waals surface area (Å²) in [6, 6.07) is -0.380. The van der Waals surface area contributed by atoms with E-state index in [0.29, 0.717) is 0 Å². The quantitative estimate of drug-likeness (QED) is 0.810. The van der Waals surface area contributed by atoms with Gasteiger partial charge in [-0.25, -0.2) is 4.98 Å². The second kappa shape index (κ2) is 6.78. The molecule has 1 unspecified atom stereocenters. The normalized spacial score (nSPS) is 11.5. The van der Waals surface area contributed by atoms with E-state index < -0.39 is 5.97 Å². The Bertz CT molecular complexity index is 294. The van der Waals surface area contributed by atoms with Crippen LogP contribution in [0.4, 0.5) is 0 Å². The molecule has 15 heavy (non-hydrogen) atoms. The molecule has 5 heteroatoms. The van der Waals surface area contributed by atoms with E-state index in [1.807, 2.05) is 6.20 Å². The summed E-state index contributed by atoms with van der Waals surface area (Å²) in [6.45, 7) is 5.17. The van der Waals surface area contributed by atoms with Crippen molar-refractivity contribution in [3.63, 3.8) is 0 Å². The monoisotopic (exact) mass is 211 g/mol. The van der Waals surface area contributed by atoms with E-state index >= 15 is 0 Å². The van der Waals surface area contributed by atoms with Crippen molar-refractivity contribution in [3.05, 3.63) is 25.3 Å². The molecule has 1 atom stereocenters. The fraction of sp³-hybridized carbons (Fsp3) is 0.400. The molecule has 0 saturated heterocycles. The van der Waals surface area contributed by atoms with E-state index in [-0.39, 0.29) is 6.04 Å². The van der Waals surface area contributed by atoms with Crippen LogP contribution in [-0.4, -0.2) is 45.7 Å². The Hall–Kier alpha value is -1.62.